The maximum absolute atomic E-state index is 12.9. The van der Waals surface area contributed by atoms with Crippen LogP contribution in [0.2, 0.25) is 0 Å². The molecule has 1 N–H and O–H groups in total. The van der Waals surface area contributed by atoms with Crippen molar-refractivity contribution in [1.29, 1.82) is 0 Å². The van der Waals surface area contributed by atoms with E-state index in [4.69, 9.17) is 4.74 Å². The molecule has 3 aromatic rings. The molecule has 0 aliphatic carbocycles. The molecule has 1 amide bonds. The number of amides is 1. The lowest BCUT2D eigenvalue weighted by molar-refractivity contribution is -0.385. The number of nitrogens with one attached hydrogen (secondary N) is 1. The number of nitro groups is 1. The van der Waals surface area contributed by atoms with Gasteiger partial charge in [-0.25, -0.2) is 9.78 Å². The first-order chi connectivity index (χ1) is 14.3. The zero-order valence-corrected chi connectivity index (χ0v) is 17.0. The van der Waals surface area contributed by atoms with E-state index in [2.05, 4.69) is 10.3 Å². The lowest BCUT2D eigenvalue weighted by Crippen LogP contribution is -2.48. The molecule has 0 radical (unpaired) electrons. The van der Waals surface area contributed by atoms with E-state index < -0.39 is 22.4 Å². The molecular formula is C21H17N3O5S. The van der Waals surface area contributed by atoms with Gasteiger partial charge in [0.1, 0.15) is 0 Å². The lowest BCUT2D eigenvalue weighted by atomic mass is 9.89. The maximum Gasteiger partial charge on any atom is 0.339 e. The number of carbonyl (C=O) groups is 2. The van der Waals surface area contributed by atoms with E-state index in [9.17, 15) is 19.7 Å². The average Bonchev–Trinajstić information content (AvgIpc) is 3.16. The van der Waals surface area contributed by atoms with Gasteiger partial charge < -0.3 is 4.74 Å². The topological polar surface area (TPSA) is 111 Å². The van der Waals surface area contributed by atoms with Gasteiger partial charge in [-0.3, -0.25) is 20.2 Å². The van der Waals surface area contributed by atoms with Gasteiger partial charge in [-0.05, 0) is 25.5 Å². The van der Waals surface area contributed by atoms with Gasteiger partial charge >= 0.3 is 5.97 Å². The first kappa shape index (κ1) is 19.7. The molecule has 0 bridgehead atoms. The number of esters is 1. The Bertz CT molecular complexity index is 1190. The molecule has 1 aliphatic rings. The Morgan fingerprint density at radius 1 is 1.30 bits per heavy atom. The second-order valence-corrected chi connectivity index (χ2v) is 8.06. The molecule has 4 rings (SSSR count). The SMILES string of the molecule is Cc1ccc(-c2csc(NC(=O)C3(C)Cc4ccccc4C(=O)O3)n2)cc1[N+](=O)[O-]. The third kappa shape index (κ3) is 3.55. The first-order valence-corrected chi connectivity index (χ1v) is 9.98. The number of hydrogen-bond acceptors (Lipinski definition) is 7. The number of aryl methyl sites for hydroxylation is 1. The molecule has 2 heterocycles. The van der Waals surface area contributed by atoms with Crippen LogP contribution in [0.1, 0.15) is 28.4 Å². The smallest absolute Gasteiger partial charge is 0.339 e. The zero-order valence-electron chi connectivity index (χ0n) is 16.2. The van der Waals surface area contributed by atoms with Crippen LogP contribution in [0.3, 0.4) is 0 Å². The molecular weight excluding hydrogens is 406 g/mol. The Morgan fingerprint density at radius 2 is 2.07 bits per heavy atom. The largest absolute Gasteiger partial charge is 0.445 e. The van der Waals surface area contributed by atoms with Crippen LogP contribution >= 0.6 is 11.3 Å². The number of anilines is 1. The van der Waals surface area contributed by atoms with E-state index >= 15 is 0 Å². The van der Waals surface area contributed by atoms with Crippen LogP contribution in [-0.2, 0) is 16.0 Å². The minimum atomic E-state index is -1.36. The fraction of sp³-hybridized carbons (Fsp3) is 0.190. The molecule has 0 saturated carbocycles. The number of cyclic esters (lactones) is 1. The molecule has 1 aliphatic heterocycles. The molecule has 0 saturated heterocycles. The predicted octanol–water partition coefficient (Wildman–Crippen LogP) is 4.14. The van der Waals surface area contributed by atoms with Gasteiger partial charge in [0.05, 0.1) is 16.2 Å². The van der Waals surface area contributed by atoms with E-state index in [0.717, 1.165) is 5.56 Å². The molecule has 9 heteroatoms. The lowest BCUT2D eigenvalue weighted by Gasteiger charge is -2.32. The van der Waals surface area contributed by atoms with Crippen molar-refractivity contribution in [2.45, 2.75) is 25.9 Å². The Labute approximate surface area is 175 Å². The maximum atomic E-state index is 12.9. The number of thiazole rings is 1. The van der Waals surface area contributed by atoms with Gasteiger partial charge in [0, 0.05) is 29.0 Å². The standard InChI is InChI=1S/C21H17N3O5S/c1-12-7-8-13(9-17(12)24(27)28)16-11-30-20(22-16)23-19(26)21(2)10-14-5-3-4-6-15(14)18(25)29-21/h3-9,11H,10H2,1-2H3,(H,22,23,26). The minimum absolute atomic E-state index is 0.00591. The minimum Gasteiger partial charge on any atom is -0.445 e. The van der Waals surface area contributed by atoms with E-state index in [0.29, 0.717) is 27.5 Å². The molecule has 8 nitrogen and oxygen atoms in total. The van der Waals surface area contributed by atoms with Gasteiger partial charge in [0.25, 0.3) is 11.6 Å². The van der Waals surface area contributed by atoms with E-state index in [1.165, 1.54) is 17.4 Å². The second kappa shape index (κ2) is 7.34. The van der Waals surface area contributed by atoms with Crippen molar-refractivity contribution in [3.8, 4) is 11.3 Å². The van der Waals surface area contributed by atoms with E-state index in [1.807, 2.05) is 6.07 Å². The monoisotopic (exact) mass is 423 g/mol. The van der Waals surface area contributed by atoms with Gasteiger partial charge in [0.2, 0.25) is 0 Å². The number of aromatic nitrogens is 1. The normalized spacial score (nSPS) is 17.7. The highest BCUT2D eigenvalue weighted by molar-refractivity contribution is 7.14. The summed E-state index contributed by atoms with van der Waals surface area (Å²) in [7, 11) is 0. The summed E-state index contributed by atoms with van der Waals surface area (Å²) >= 11 is 1.19. The molecule has 0 spiro atoms. The number of ether oxygens (including phenoxy) is 1. The third-order valence-corrected chi connectivity index (χ3v) is 5.75. The van der Waals surface area contributed by atoms with Crippen LogP contribution in [0.4, 0.5) is 10.8 Å². The van der Waals surface area contributed by atoms with Gasteiger partial charge in [-0.1, -0.05) is 30.3 Å². The van der Waals surface area contributed by atoms with Crippen molar-refractivity contribution in [3.05, 3.63) is 74.6 Å². The number of fused-ring (bicyclic) bond motifs is 1. The van der Waals surface area contributed by atoms with Crippen LogP contribution in [0, 0.1) is 17.0 Å². The number of nitrogens with zero attached hydrogens (tertiary/aromatic N) is 2. The van der Waals surface area contributed by atoms with Crippen molar-refractivity contribution >= 4 is 34.0 Å². The summed E-state index contributed by atoms with van der Waals surface area (Å²) in [5.74, 6) is -1.03. The number of benzene rings is 2. The number of hydrogen-bond donors (Lipinski definition) is 1. The van der Waals surface area contributed by atoms with Gasteiger partial charge in [-0.15, -0.1) is 11.3 Å². The van der Waals surface area contributed by atoms with E-state index in [-0.39, 0.29) is 12.1 Å². The molecule has 0 fully saturated rings. The highest BCUT2D eigenvalue weighted by atomic mass is 32.1. The molecule has 1 atom stereocenters. The fourth-order valence-electron chi connectivity index (χ4n) is 3.32. The number of carbonyl (C=O) groups excluding carboxylic acids is 2. The fourth-order valence-corrected chi connectivity index (χ4v) is 4.03. The zero-order chi connectivity index (χ0) is 21.5. The predicted molar refractivity (Wildman–Crippen MR) is 112 cm³/mol. The highest BCUT2D eigenvalue weighted by Crippen LogP contribution is 2.32. The average molecular weight is 423 g/mol. The van der Waals surface area contributed by atoms with Crippen LogP contribution in [-0.4, -0.2) is 27.4 Å². The van der Waals surface area contributed by atoms with Crippen LogP contribution in [0.15, 0.2) is 47.8 Å². The summed E-state index contributed by atoms with van der Waals surface area (Å²) < 4.78 is 5.43. The second-order valence-electron chi connectivity index (χ2n) is 7.20. The molecule has 30 heavy (non-hydrogen) atoms. The van der Waals surface area contributed by atoms with Crippen molar-refractivity contribution < 1.29 is 19.2 Å². The summed E-state index contributed by atoms with van der Waals surface area (Å²) in [6, 6.07) is 11.9. The Hall–Kier alpha value is -3.59. The number of nitro benzene ring substituents is 1. The van der Waals surface area contributed by atoms with E-state index in [1.54, 1.807) is 49.6 Å². The molecule has 1 unspecified atom stereocenters. The van der Waals surface area contributed by atoms with Crippen molar-refractivity contribution in [1.82, 2.24) is 4.98 Å². The molecule has 152 valence electrons. The summed E-state index contributed by atoms with van der Waals surface area (Å²) in [5.41, 5.74) is 1.49. The summed E-state index contributed by atoms with van der Waals surface area (Å²) in [6.45, 7) is 3.23. The van der Waals surface area contributed by atoms with Crippen molar-refractivity contribution in [3.63, 3.8) is 0 Å². The molecule has 2 aromatic carbocycles. The Balaban J connectivity index is 1.54. The highest BCUT2D eigenvalue weighted by Gasteiger charge is 2.42. The van der Waals surface area contributed by atoms with Crippen molar-refractivity contribution in [2.24, 2.45) is 0 Å². The Kier molecular flexibility index (Phi) is 4.83. The van der Waals surface area contributed by atoms with Gasteiger partial charge in [0.15, 0.2) is 10.7 Å². The summed E-state index contributed by atoms with van der Waals surface area (Å²) in [4.78, 5) is 40.3. The van der Waals surface area contributed by atoms with Gasteiger partial charge in [-0.2, -0.15) is 0 Å². The molecule has 1 aromatic heterocycles. The Morgan fingerprint density at radius 3 is 2.83 bits per heavy atom. The number of rotatable bonds is 4. The third-order valence-electron chi connectivity index (χ3n) is 4.99. The quantitative estimate of drug-likeness (QED) is 0.384. The van der Waals surface area contributed by atoms with Crippen LogP contribution in [0.5, 0.6) is 0 Å². The van der Waals surface area contributed by atoms with Crippen LogP contribution < -0.4 is 5.32 Å². The summed E-state index contributed by atoms with van der Waals surface area (Å²) in [6.07, 6.45) is 0.253. The van der Waals surface area contributed by atoms with Crippen LogP contribution in [0.25, 0.3) is 11.3 Å². The van der Waals surface area contributed by atoms with Crippen molar-refractivity contribution in [2.75, 3.05) is 5.32 Å². The summed E-state index contributed by atoms with van der Waals surface area (Å²) in [5, 5.41) is 15.9. The first-order valence-electron chi connectivity index (χ1n) is 9.10.